The molecule has 0 bridgehead atoms. The molecule has 0 amide bonds. The summed E-state index contributed by atoms with van der Waals surface area (Å²) in [5.41, 5.74) is 4.07. The molecule has 0 saturated heterocycles. The third-order valence-corrected chi connectivity index (χ3v) is 3.48. The first-order chi connectivity index (χ1) is 9.11. The molecule has 19 heavy (non-hydrogen) atoms. The summed E-state index contributed by atoms with van der Waals surface area (Å²) in [6.45, 7) is 3.94. The Labute approximate surface area is 113 Å². The highest BCUT2D eigenvalue weighted by Gasteiger charge is 2.14. The van der Waals surface area contributed by atoms with Gasteiger partial charge in [0.25, 0.3) is 0 Å². The van der Waals surface area contributed by atoms with Crippen LogP contribution in [0.25, 0.3) is 0 Å². The van der Waals surface area contributed by atoms with Gasteiger partial charge < -0.3 is 5.11 Å². The smallest absolute Gasteiger partial charge is 0.126 e. The summed E-state index contributed by atoms with van der Waals surface area (Å²) in [5, 5.41) is 9.26. The lowest BCUT2D eigenvalue weighted by Crippen LogP contribution is -2.04. The van der Waals surface area contributed by atoms with Crippen molar-refractivity contribution in [1.29, 1.82) is 0 Å². The largest absolute Gasteiger partial charge is 0.396 e. The predicted octanol–water partition coefficient (Wildman–Crippen LogP) is 3.96. The van der Waals surface area contributed by atoms with Crippen molar-refractivity contribution in [1.82, 2.24) is 0 Å². The van der Waals surface area contributed by atoms with Gasteiger partial charge in [-0.1, -0.05) is 42.0 Å². The molecule has 1 nitrogen and oxygen atoms in total. The summed E-state index contributed by atoms with van der Waals surface area (Å²) in [6.07, 6.45) is 0.647. The van der Waals surface area contributed by atoms with Crippen molar-refractivity contribution >= 4 is 0 Å². The molecule has 0 saturated carbocycles. The van der Waals surface area contributed by atoms with Gasteiger partial charge in [-0.15, -0.1) is 0 Å². The first-order valence-corrected chi connectivity index (χ1v) is 6.55. The molecule has 1 unspecified atom stereocenters. The van der Waals surface area contributed by atoms with Gasteiger partial charge in [-0.2, -0.15) is 0 Å². The molecule has 2 heteroatoms. The lowest BCUT2D eigenvalue weighted by molar-refractivity contribution is 0.281. The number of hydrogen-bond acceptors (Lipinski definition) is 1. The van der Waals surface area contributed by atoms with Crippen molar-refractivity contribution in [2.75, 3.05) is 6.61 Å². The van der Waals surface area contributed by atoms with Crippen LogP contribution in [0.2, 0.25) is 0 Å². The van der Waals surface area contributed by atoms with Crippen LogP contribution in [0.5, 0.6) is 0 Å². The number of rotatable bonds is 4. The van der Waals surface area contributed by atoms with Gasteiger partial charge in [0, 0.05) is 12.5 Å². The first-order valence-electron chi connectivity index (χ1n) is 6.55. The molecule has 0 aliphatic carbocycles. The summed E-state index contributed by atoms with van der Waals surface area (Å²) in [4.78, 5) is 0. The van der Waals surface area contributed by atoms with Crippen molar-refractivity contribution in [2.24, 2.45) is 0 Å². The van der Waals surface area contributed by atoms with Crippen LogP contribution in [0.3, 0.4) is 0 Å². The minimum atomic E-state index is -0.185. The normalized spacial score (nSPS) is 12.4. The average Bonchev–Trinajstić information content (AvgIpc) is 2.41. The van der Waals surface area contributed by atoms with Crippen molar-refractivity contribution in [3.63, 3.8) is 0 Å². The van der Waals surface area contributed by atoms with Gasteiger partial charge in [0.2, 0.25) is 0 Å². The van der Waals surface area contributed by atoms with Crippen molar-refractivity contribution < 1.29 is 9.50 Å². The Balaban J connectivity index is 2.38. The Bertz CT molecular complexity index is 546. The molecule has 1 atom stereocenters. The molecule has 2 aromatic rings. The highest BCUT2D eigenvalue weighted by atomic mass is 19.1. The van der Waals surface area contributed by atoms with Crippen LogP contribution in [0.4, 0.5) is 4.39 Å². The molecule has 0 radical (unpaired) electrons. The fourth-order valence-corrected chi connectivity index (χ4v) is 2.34. The Morgan fingerprint density at radius 2 is 1.63 bits per heavy atom. The van der Waals surface area contributed by atoms with E-state index in [0.29, 0.717) is 12.0 Å². The van der Waals surface area contributed by atoms with Crippen LogP contribution in [0.1, 0.15) is 34.6 Å². The molecular weight excluding hydrogens is 239 g/mol. The highest BCUT2D eigenvalue weighted by molar-refractivity contribution is 5.36. The van der Waals surface area contributed by atoms with Crippen LogP contribution in [0.15, 0.2) is 42.5 Å². The maximum absolute atomic E-state index is 13.4. The second-order valence-electron chi connectivity index (χ2n) is 4.98. The van der Waals surface area contributed by atoms with E-state index in [0.717, 1.165) is 11.1 Å². The lowest BCUT2D eigenvalue weighted by atomic mass is 9.87. The minimum absolute atomic E-state index is 0.116. The SMILES string of the molecule is Cc1ccc(C(CCO)c2ccc(F)c(C)c2)cc1. The molecule has 0 aromatic heterocycles. The van der Waals surface area contributed by atoms with Gasteiger partial charge >= 0.3 is 0 Å². The molecular formula is C17H19FO. The summed E-state index contributed by atoms with van der Waals surface area (Å²) in [7, 11) is 0. The Hall–Kier alpha value is -1.67. The first kappa shape index (κ1) is 13.8. The quantitative estimate of drug-likeness (QED) is 0.880. The molecule has 0 aliphatic rings. The Morgan fingerprint density at radius 1 is 1.00 bits per heavy atom. The molecule has 0 fully saturated rings. The monoisotopic (exact) mass is 258 g/mol. The number of benzene rings is 2. The van der Waals surface area contributed by atoms with Gasteiger partial charge in [-0.3, -0.25) is 0 Å². The van der Waals surface area contributed by atoms with Crippen molar-refractivity contribution in [2.45, 2.75) is 26.2 Å². The zero-order valence-corrected chi connectivity index (χ0v) is 11.4. The highest BCUT2D eigenvalue weighted by Crippen LogP contribution is 2.29. The second kappa shape index (κ2) is 5.98. The fourth-order valence-electron chi connectivity index (χ4n) is 2.34. The van der Waals surface area contributed by atoms with Crippen molar-refractivity contribution in [3.05, 3.63) is 70.5 Å². The number of halogens is 1. The van der Waals surface area contributed by atoms with E-state index in [9.17, 15) is 9.50 Å². The lowest BCUT2D eigenvalue weighted by Gasteiger charge is -2.18. The molecule has 0 heterocycles. The zero-order valence-electron chi connectivity index (χ0n) is 11.4. The van der Waals surface area contributed by atoms with E-state index in [1.54, 1.807) is 6.92 Å². The number of aliphatic hydroxyl groups excluding tert-OH is 1. The third-order valence-electron chi connectivity index (χ3n) is 3.48. The summed E-state index contributed by atoms with van der Waals surface area (Å²) in [6, 6.07) is 13.5. The van der Waals surface area contributed by atoms with Crippen molar-refractivity contribution in [3.8, 4) is 0 Å². The number of hydrogen-bond donors (Lipinski definition) is 1. The van der Waals surface area contributed by atoms with Crippen LogP contribution in [-0.4, -0.2) is 11.7 Å². The molecule has 0 spiro atoms. The van der Waals surface area contributed by atoms with Crippen LogP contribution >= 0.6 is 0 Å². The summed E-state index contributed by atoms with van der Waals surface area (Å²) >= 11 is 0. The maximum Gasteiger partial charge on any atom is 0.126 e. The Kier molecular flexibility index (Phi) is 4.33. The van der Waals surface area contributed by atoms with Gasteiger partial charge in [0.05, 0.1) is 0 Å². The zero-order chi connectivity index (χ0) is 13.8. The van der Waals surface area contributed by atoms with Gasteiger partial charge in [0.15, 0.2) is 0 Å². The van der Waals surface area contributed by atoms with E-state index >= 15 is 0 Å². The van der Waals surface area contributed by atoms with Crippen LogP contribution in [-0.2, 0) is 0 Å². The molecule has 2 aromatic carbocycles. The van der Waals surface area contributed by atoms with Crippen LogP contribution < -0.4 is 0 Å². The van der Waals surface area contributed by atoms with E-state index < -0.39 is 0 Å². The van der Waals surface area contributed by atoms with E-state index in [-0.39, 0.29) is 18.3 Å². The van der Waals surface area contributed by atoms with E-state index in [1.165, 1.54) is 11.6 Å². The second-order valence-corrected chi connectivity index (χ2v) is 4.98. The van der Waals surface area contributed by atoms with Gasteiger partial charge in [-0.25, -0.2) is 4.39 Å². The summed E-state index contributed by atoms with van der Waals surface area (Å²) in [5.74, 6) is -0.0692. The number of aliphatic hydroxyl groups is 1. The number of aryl methyl sites for hydroxylation is 2. The fraction of sp³-hybridized carbons (Fsp3) is 0.294. The van der Waals surface area contributed by atoms with E-state index in [1.807, 2.05) is 19.1 Å². The average molecular weight is 258 g/mol. The van der Waals surface area contributed by atoms with Gasteiger partial charge in [-0.05, 0) is 43.0 Å². The predicted molar refractivity (Wildman–Crippen MR) is 75.9 cm³/mol. The van der Waals surface area contributed by atoms with Gasteiger partial charge in [0.1, 0.15) is 5.82 Å². The maximum atomic E-state index is 13.4. The summed E-state index contributed by atoms with van der Waals surface area (Å²) < 4.78 is 13.4. The van der Waals surface area contributed by atoms with Crippen LogP contribution in [0, 0.1) is 19.7 Å². The van der Waals surface area contributed by atoms with E-state index in [2.05, 4.69) is 24.3 Å². The Morgan fingerprint density at radius 3 is 2.21 bits per heavy atom. The molecule has 0 aliphatic heterocycles. The minimum Gasteiger partial charge on any atom is -0.396 e. The molecule has 1 N–H and O–H groups in total. The molecule has 100 valence electrons. The topological polar surface area (TPSA) is 20.2 Å². The molecule has 2 rings (SSSR count). The standard InChI is InChI=1S/C17H19FO/c1-12-3-5-14(6-4-12)16(9-10-19)15-7-8-17(18)13(2)11-15/h3-8,11,16,19H,9-10H2,1-2H3. The third kappa shape index (κ3) is 3.21. The van der Waals surface area contributed by atoms with E-state index in [4.69, 9.17) is 0 Å².